The summed E-state index contributed by atoms with van der Waals surface area (Å²) in [7, 11) is 2.73. The van der Waals surface area contributed by atoms with E-state index in [1.807, 2.05) is 0 Å². The van der Waals surface area contributed by atoms with Crippen LogP contribution in [0.4, 0.5) is 0 Å². The van der Waals surface area contributed by atoms with Crippen molar-refractivity contribution >= 4 is 14.5 Å². The van der Waals surface area contributed by atoms with Crippen molar-refractivity contribution in [3.8, 4) is 0 Å². The van der Waals surface area contributed by atoms with Crippen LogP contribution >= 0.6 is 9.24 Å². The Morgan fingerprint density at radius 2 is 1.91 bits per heavy atom. The van der Waals surface area contributed by atoms with Crippen LogP contribution in [0.2, 0.25) is 0 Å². The van der Waals surface area contributed by atoms with Crippen molar-refractivity contribution in [3.05, 3.63) is 29.3 Å². The lowest BCUT2D eigenvalue weighted by atomic mass is 9.98. The molecule has 1 aromatic carbocycles. The van der Waals surface area contributed by atoms with Gasteiger partial charge in [0.2, 0.25) is 0 Å². The second-order valence-electron chi connectivity index (χ2n) is 3.27. The minimum atomic E-state index is 0.635. The molecule has 0 spiro atoms. The van der Waals surface area contributed by atoms with E-state index in [1.54, 1.807) is 0 Å². The molecule has 60 valence electrons. The maximum atomic E-state index is 2.73. The second-order valence-corrected chi connectivity index (χ2v) is 3.94. The van der Waals surface area contributed by atoms with Gasteiger partial charge in [0, 0.05) is 0 Å². The lowest BCUT2D eigenvalue weighted by Gasteiger charge is -2.09. The molecule has 1 unspecified atom stereocenters. The first kappa shape index (κ1) is 8.74. The Bertz CT molecular complexity index is 251. The number of hydrogen-bond donors (Lipinski definition) is 0. The molecular formula is C10H15P. The smallest absolute Gasteiger partial charge is 0.0216 e. The number of benzene rings is 1. The third-order valence-electron chi connectivity index (χ3n) is 1.93. The van der Waals surface area contributed by atoms with E-state index in [0.717, 1.165) is 0 Å². The molecule has 0 fully saturated rings. The van der Waals surface area contributed by atoms with Gasteiger partial charge in [-0.2, -0.15) is 0 Å². The van der Waals surface area contributed by atoms with Gasteiger partial charge in [-0.05, 0) is 29.3 Å². The molecule has 0 nitrogen and oxygen atoms in total. The van der Waals surface area contributed by atoms with Gasteiger partial charge in [0.15, 0.2) is 0 Å². The number of aryl methyl sites for hydroxylation is 1. The van der Waals surface area contributed by atoms with E-state index in [4.69, 9.17) is 0 Å². The van der Waals surface area contributed by atoms with Crippen LogP contribution in [-0.4, -0.2) is 0 Å². The monoisotopic (exact) mass is 166 g/mol. The molecule has 0 saturated carbocycles. The first-order valence-electron chi connectivity index (χ1n) is 3.97. The molecule has 0 bridgehead atoms. The van der Waals surface area contributed by atoms with Crippen LogP contribution in [0.5, 0.6) is 0 Å². The summed E-state index contributed by atoms with van der Waals surface area (Å²) in [5.41, 5.74) is 2.85. The van der Waals surface area contributed by atoms with Crippen molar-refractivity contribution in [2.45, 2.75) is 26.7 Å². The van der Waals surface area contributed by atoms with Crippen molar-refractivity contribution in [3.63, 3.8) is 0 Å². The van der Waals surface area contributed by atoms with E-state index in [0.29, 0.717) is 5.92 Å². The van der Waals surface area contributed by atoms with Gasteiger partial charge in [-0.3, -0.25) is 0 Å². The van der Waals surface area contributed by atoms with Crippen LogP contribution in [0.25, 0.3) is 0 Å². The second kappa shape index (κ2) is 3.36. The molecule has 0 aromatic heterocycles. The topological polar surface area (TPSA) is 0 Å². The molecule has 1 atom stereocenters. The van der Waals surface area contributed by atoms with Crippen molar-refractivity contribution in [1.82, 2.24) is 0 Å². The molecule has 11 heavy (non-hydrogen) atoms. The first-order valence-corrected chi connectivity index (χ1v) is 4.55. The average Bonchev–Trinajstić information content (AvgIpc) is 1.94. The van der Waals surface area contributed by atoms with Gasteiger partial charge in [0.05, 0.1) is 0 Å². The quantitative estimate of drug-likeness (QED) is 0.562. The maximum absolute atomic E-state index is 2.73. The van der Waals surface area contributed by atoms with Gasteiger partial charge in [0.1, 0.15) is 0 Å². The summed E-state index contributed by atoms with van der Waals surface area (Å²) in [4.78, 5) is 0. The zero-order valence-electron chi connectivity index (χ0n) is 7.39. The van der Waals surface area contributed by atoms with Gasteiger partial charge < -0.3 is 0 Å². The molecular weight excluding hydrogens is 151 g/mol. The molecule has 0 radical (unpaired) electrons. The summed E-state index contributed by atoms with van der Waals surface area (Å²) in [6, 6.07) is 6.55. The third kappa shape index (κ3) is 2.04. The first-order chi connectivity index (χ1) is 5.11. The highest BCUT2D eigenvalue weighted by Gasteiger charge is 2.01. The third-order valence-corrected chi connectivity index (χ3v) is 2.28. The predicted octanol–water partition coefficient (Wildman–Crippen LogP) is 2.62. The zero-order chi connectivity index (χ0) is 8.43. The van der Waals surface area contributed by atoms with Gasteiger partial charge in [-0.25, -0.2) is 0 Å². The Labute approximate surface area is 71.2 Å². The standard InChI is InChI=1S/C10H15P/c1-7(2)10-6-9(11)5-4-8(10)3/h4-7H,11H2,1-3H3. The number of rotatable bonds is 1. The molecule has 1 aromatic rings. The Morgan fingerprint density at radius 3 is 2.36 bits per heavy atom. The fourth-order valence-corrected chi connectivity index (χ4v) is 1.56. The Morgan fingerprint density at radius 1 is 1.27 bits per heavy atom. The lowest BCUT2D eigenvalue weighted by molar-refractivity contribution is 0.858. The Hall–Kier alpha value is -0.350. The SMILES string of the molecule is Cc1ccc(P)cc1C(C)C. The highest BCUT2D eigenvalue weighted by atomic mass is 31.0. The minimum Gasteiger partial charge on any atom is -0.106 e. The molecule has 0 N–H and O–H groups in total. The lowest BCUT2D eigenvalue weighted by Crippen LogP contribution is -1.98. The molecule has 1 rings (SSSR count). The molecule has 0 heterocycles. The summed E-state index contributed by atoms with van der Waals surface area (Å²) < 4.78 is 0. The van der Waals surface area contributed by atoms with Crippen molar-refractivity contribution in [1.29, 1.82) is 0 Å². The molecule has 0 amide bonds. The van der Waals surface area contributed by atoms with Crippen molar-refractivity contribution < 1.29 is 0 Å². The van der Waals surface area contributed by atoms with E-state index in [9.17, 15) is 0 Å². The van der Waals surface area contributed by atoms with E-state index < -0.39 is 0 Å². The number of hydrogen-bond acceptors (Lipinski definition) is 0. The average molecular weight is 166 g/mol. The van der Waals surface area contributed by atoms with Gasteiger partial charge in [-0.1, -0.05) is 32.0 Å². The Kier molecular flexibility index (Phi) is 2.67. The van der Waals surface area contributed by atoms with Gasteiger partial charge in [0.25, 0.3) is 0 Å². The normalized spacial score (nSPS) is 10.6. The highest BCUT2D eigenvalue weighted by molar-refractivity contribution is 7.27. The fourth-order valence-electron chi connectivity index (χ4n) is 1.28. The van der Waals surface area contributed by atoms with E-state index in [-0.39, 0.29) is 0 Å². The Balaban J connectivity index is 3.13. The van der Waals surface area contributed by atoms with Crippen LogP contribution in [0.1, 0.15) is 30.9 Å². The van der Waals surface area contributed by atoms with Crippen molar-refractivity contribution in [2.75, 3.05) is 0 Å². The fraction of sp³-hybridized carbons (Fsp3) is 0.400. The molecule has 0 saturated heterocycles. The summed E-state index contributed by atoms with van der Waals surface area (Å²) in [6.45, 7) is 6.62. The predicted molar refractivity (Wildman–Crippen MR) is 54.6 cm³/mol. The zero-order valence-corrected chi connectivity index (χ0v) is 8.54. The summed E-state index contributed by atoms with van der Waals surface area (Å²) in [5.74, 6) is 0.635. The highest BCUT2D eigenvalue weighted by Crippen LogP contribution is 2.17. The summed E-state index contributed by atoms with van der Waals surface area (Å²) >= 11 is 0. The van der Waals surface area contributed by atoms with E-state index in [2.05, 4.69) is 48.2 Å². The minimum absolute atomic E-state index is 0.635. The van der Waals surface area contributed by atoms with E-state index in [1.165, 1.54) is 16.4 Å². The van der Waals surface area contributed by atoms with Crippen LogP contribution < -0.4 is 5.30 Å². The van der Waals surface area contributed by atoms with Gasteiger partial charge >= 0.3 is 0 Å². The molecule has 0 aliphatic carbocycles. The van der Waals surface area contributed by atoms with Gasteiger partial charge in [-0.15, -0.1) is 9.24 Å². The van der Waals surface area contributed by atoms with E-state index >= 15 is 0 Å². The largest absolute Gasteiger partial charge is 0.106 e. The van der Waals surface area contributed by atoms with Crippen LogP contribution in [-0.2, 0) is 0 Å². The summed E-state index contributed by atoms with van der Waals surface area (Å²) in [5, 5.41) is 1.28. The van der Waals surface area contributed by atoms with Crippen LogP contribution in [0, 0.1) is 6.92 Å². The molecule has 1 heteroatoms. The van der Waals surface area contributed by atoms with Crippen LogP contribution in [0.15, 0.2) is 18.2 Å². The van der Waals surface area contributed by atoms with Crippen molar-refractivity contribution in [2.24, 2.45) is 0 Å². The maximum Gasteiger partial charge on any atom is -0.0216 e. The molecule has 0 aliphatic heterocycles. The summed E-state index contributed by atoms with van der Waals surface area (Å²) in [6.07, 6.45) is 0. The van der Waals surface area contributed by atoms with Crippen LogP contribution in [0.3, 0.4) is 0 Å². The molecule has 0 aliphatic rings.